The Hall–Kier alpha value is -2.83. The standard InChI is InChI=1S/C23H26N4O2.ClH/c1-16-8-10-19(11-9-16)27-15-21(23(28)26-12-4-6-18(24)14-26)22(25-27)17-5-3-7-20(13-17)29-2;/h3,5,7-11,13,15,18H,4,6,12,14,24H2,1-2H3;1H. The van der Waals surface area contributed by atoms with Crippen molar-refractivity contribution in [3.05, 3.63) is 65.9 Å². The monoisotopic (exact) mass is 426 g/mol. The van der Waals surface area contributed by atoms with Crippen molar-refractivity contribution in [2.45, 2.75) is 25.8 Å². The van der Waals surface area contributed by atoms with Crippen LogP contribution in [0.3, 0.4) is 0 Å². The number of nitrogens with zero attached hydrogens (tertiary/aromatic N) is 3. The molecule has 0 spiro atoms. The van der Waals surface area contributed by atoms with E-state index in [1.165, 1.54) is 5.56 Å². The highest BCUT2D eigenvalue weighted by atomic mass is 35.5. The fraction of sp³-hybridized carbons (Fsp3) is 0.304. The predicted octanol–water partition coefficient (Wildman–Crippen LogP) is 3.84. The lowest BCUT2D eigenvalue weighted by Crippen LogP contribution is -2.45. The first kappa shape index (κ1) is 21.9. The van der Waals surface area contributed by atoms with Crippen LogP contribution in [-0.4, -0.2) is 46.8 Å². The lowest BCUT2D eigenvalue weighted by Gasteiger charge is -2.30. The summed E-state index contributed by atoms with van der Waals surface area (Å²) in [7, 11) is 1.63. The summed E-state index contributed by atoms with van der Waals surface area (Å²) in [6.07, 6.45) is 3.70. The van der Waals surface area contributed by atoms with Gasteiger partial charge in [0.15, 0.2) is 0 Å². The summed E-state index contributed by atoms with van der Waals surface area (Å²) < 4.78 is 7.13. The van der Waals surface area contributed by atoms with Crippen LogP contribution in [0.15, 0.2) is 54.7 Å². The van der Waals surface area contributed by atoms with E-state index in [-0.39, 0.29) is 24.4 Å². The number of ether oxygens (including phenoxy) is 1. The fourth-order valence-corrected chi connectivity index (χ4v) is 3.71. The second-order valence-electron chi connectivity index (χ2n) is 7.56. The number of carbonyl (C=O) groups excluding carboxylic acids is 1. The van der Waals surface area contributed by atoms with Crippen LogP contribution in [0.25, 0.3) is 16.9 Å². The Kier molecular flexibility index (Phi) is 6.80. The molecule has 1 atom stereocenters. The number of carbonyl (C=O) groups is 1. The van der Waals surface area contributed by atoms with E-state index in [0.29, 0.717) is 17.8 Å². The number of hydrogen-bond donors (Lipinski definition) is 1. The Bertz CT molecular complexity index is 1020. The first-order valence-corrected chi connectivity index (χ1v) is 9.91. The molecule has 2 aromatic carbocycles. The molecule has 1 aliphatic heterocycles. The van der Waals surface area contributed by atoms with Gasteiger partial charge in [0.2, 0.25) is 0 Å². The Morgan fingerprint density at radius 3 is 2.67 bits per heavy atom. The molecule has 1 saturated heterocycles. The van der Waals surface area contributed by atoms with Gasteiger partial charge in [0.05, 0.1) is 18.4 Å². The van der Waals surface area contributed by atoms with Crippen molar-refractivity contribution >= 4 is 18.3 Å². The molecule has 0 bridgehead atoms. The molecule has 1 aliphatic rings. The second kappa shape index (κ2) is 9.32. The summed E-state index contributed by atoms with van der Waals surface area (Å²) >= 11 is 0. The lowest BCUT2D eigenvalue weighted by atomic mass is 10.0. The van der Waals surface area contributed by atoms with E-state index >= 15 is 0 Å². The molecule has 7 heteroatoms. The van der Waals surface area contributed by atoms with Crippen molar-refractivity contribution in [1.82, 2.24) is 14.7 Å². The summed E-state index contributed by atoms with van der Waals surface area (Å²) in [6.45, 7) is 3.34. The lowest BCUT2D eigenvalue weighted by molar-refractivity contribution is 0.0709. The average Bonchev–Trinajstić information content (AvgIpc) is 3.19. The van der Waals surface area contributed by atoms with E-state index in [0.717, 1.165) is 36.4 Å². The van der Waals surface area contributed by atoms with Gasteiger partial charge >= 0.3 is 0 Å². The van der Waals surface area contributed by atoms with Crippen LogP contribution in [0.5, 0.6) is 5.75 Å². The molecule has 4 rings (SSSR count). The molecule has 3 aromatic rings. The maximum Gasteiger partial charge on any atom is 0.257 e. The van der Waals surface area contributed by atoms with Crippen molar-refractivity contribution in [1.29, 1.82) is 0 Å². The highest BCUT2D eigenvalue weighted by molar-refractivity contribution is 6.00. The maximum absolute atomic E-state index is 13.4. The molecule has 1 unspecified atom stereocenters. The van der Waals surface area contributed by atoms with Gasteiger partial charge in [-0.2, -0.15) is 5.10 Å². The number of benzene rings is 2. The van der Waals surface area contributed by atoms with Crippen molar-refractivity contribution in [2.75, 3.05) is 20.2 Å². The molecule has 6 nitrogen and oxygen atoms in total. The number of hydrogen-bond acceptors (Lipinski definition) is 4. The topological polar surface area (TPSA) is 73.4 Å². The smallest absolute Gasteiger partial charge is 0.257 e. The van der Waals surface area contributed by atoms with Crippen molar-refractivity contribution in [3.8, 4) is 22.7 Å². The van der Waals surface area contributed by atoms with Crippen LogP contribution in [0.1, 0.15) is 28.8 Å². The first-order chi connectivity index (χ1) is 14.0. The summed E-state index contributed by atoms with van der Waals surface area (Å²) in [6, 6.07) is 15.7. The average molecular weight is 427 g/mol. The second-order valence-corrected chi connectivity index (χ2v) is 7.56. The number of halogens is 1. The van der Waals surface area contributed by atoms with Gasteiger partial charge in [-0.05, 0) is 44.0 Å². The summed E-state index contributed by atoms with van der Waals surface area (Å²) in [5.41, 5.74) is 10.3. The van der Waals surface area contributed by atoms with Gasteiger partial charge in [-0.3, -0.25) is 4.79 Å². The van der Waals surface area contributed by atoms with Gasteiger partial charge in [-0.1, -0.05) is 29.8 Å². The number of rotatable bonds is 4. The molecular weight excluding hydrogens is 400 g/mol. The van der Waals surface area contributed by atoms with E-state index in [2.05, 4.69) is 0 Å². The third-order valence-electron chi connectivity index (χ3n) is 5.33. The molecule has 0 radical (unpaired) electrons. The third-order valence-corrected chi connectivity index (χ3v) is 5.33. The van der Waals surface area contributed by atoms with Crippen molar-refractivity contribution in [2.24, 2.45) is 5.73 Å². The van der Waals surface area contributed by atoms with Crippen LogP contribution in [0.4, 0.5) is 0 Å². The Morgan fingerprint density at radius 1 is 1.20 bits per heavy atom. The van der Waals surface area contributed by atoms with E-state index in [1.807, 2.05) is 66.6 Å². The highest BCUT2D eigenvalue weighted by Gasteiger charge is 2.27. The van der Waals surface area contributed by atoms with E-state index in [9.17, 15) is 4.79 Å². The molecule has 1 amide bonds. The summed E-state index contributed by atoms with van der Waals surface area (Å²) in [5, 5.41) is 4.77. The number of methoxy groups -OCH3 is 1. The highest BCUT2D eigenvalue weighted by Crippen LogP contribution is 2.28. The van der Waals surface area contributed by atoms with Gasteiger partial charge in [-0.25, -0.2) is 4.68 Å². The molecule has 1 aromatic heterocycles. The molecule has 158 valence electrons. The Morgan fingerprint density at radius 2 is 1.97 bits per heavy atom. The molecule has 2 heterocycles. The number of piperidine rings is 1. The van der Waals surface area contributed by atoms with E-state index in [1.54, 1.807) is 11.8 Å². The van der Waals surface area contributed by atoms with Crippen molar-refractivity contribution in [3.63, 3.8) is 0 Å². The minimum Gasteiger partial charge on any atom is -0.497 e. The molecule has 0 aliphatic carbocycles. The number of amides is 1. The van der Waals surface area contributed by atoms with Gasteiger partial charge in [-0.15, -0.1) is 12.4 Å². The number of nitrogens with two attached hydrogens (primary N) is 1. The molecule has 1 fully saturated rings. The zero-order chi connectivity index (χ0) is 20.4. The Balaban J connectivity index is 0.00000256. The minimum atomic E-state index is -0.0312. The zero-order valence-corrected chi connectivity index (χ0v) is 18.1. The van der Waals surface area contributed by atoms with E-state index in [4.69, 9.17) is 15.6 Å². The Labute approximate surface area is 183 Å². The summed E-state index contributed by atoms with van der Waals surface area (Å²) in [4.78, 5) is 15.2. The van der Waals surface area contributed by atoms with Crippen LogP contribution < -0.4 is 10.5 Å². The summed E-state index contributed by atoms with van der Waals surface area (Å²) in [5.74, 6) is 0.696. The van der Waals surface area contributed by atoms with Crippen LogP contribution in [0.2, 0.25) is 0 Å². The SMILES string of the molecule is COc1cccc(-c2nn(-c3ccc(C)cc3)cc2C(=O)N2CCCC(N)C2)c1.Cl. The fourth-order valence-electron chi connectivity index (χ4n) is 3.71. The maximum atomic E-state index is 13.4. The van der Waals surface area contributed by atoms with E-state index < -0.39 is 0 Å². The predicted molar refractivity (Wildman–Crippen MR) is 121 cm³/mol. The van der Waals surface area contributed by atoms with Gasteiger partial charge in [0.25, 0.3) is 5.91 Å². The first-order valence-electron chi connectivity index (χ1n) is 9.91. The molecule has 2 N–H and O–H groups in total. The molecular formula is C23H27ClN4O2. The molecule has 0 saturated carbocycles. The van der Waals surface area contributed by atoms with Gasteiger partial charge < -0.3 is 15.4 Å². The largest absolute Gasteiger partial charge is 0.497 e. The number of likely N-dealkylation sites (tertiary alicyclic amines) is 1. The van der Waals surface area contributed by atoms with Gasteiger partial charge in [0, 0.05) is 30.9 Å². The van der Waals surface area contributed by atoms with Gasteiger partial charge in [0.1, 0.15) is 11.4 Å². The normalized spacial score (nSPS) is 16.1. The molecule has 30 heavy (non-hydrogen) atoms. The van der Waals surface area contributed by atoms with Crippen LogP contribution in [-0.2, 0) is 0 Å². The minimum absolute atomic E-state index is 0. The third kappa shape index (κ3) is 4.50. The number of aryl methyl sites for hydroxylation is 1. The van der Waals surface area contributed by atoms with Crippen LogP contribution in [0, 0.1) is 6.92 Å². The van der Waals surface area contributed by atoms with Crippen LogP contribution >= 0.6 is 12.4 Å². The quantitative estimate of drug-likeness (QED) is 0.687. The number of aromatic nitrogens is 2. The zero-order valence-electron chi connectivity index (χ0n) is 17.2. The van der Waals surface area contributed by atoms with Crippen molar-refractivity contribution < 1.29 is 9.53 Å².